The van der Waals surface area contributed by atoms with Gasteiger partial charge in [-0.1, -0.05) is 17.7 Å². The zero-order valence-corrected chi connectivity index (χ0v) is 11.6. The van der Waals surface area contributed by atoms with Crippen molar-refractivity contribution >= 4 is 11.6 Å². The fraction of sp³-hybridized carbons (Fsp3) is 0.200. The molecular weight excluding hydrogens is 276 g/mol. The molecule has 5 heteroatoms. The van der Waals surface area contributed by atoms with Crippen molar-refractivity contribution in [2.24, 2.45) is 0 Å². The second-order valence-corrected chi connectivity index (χ2v) is 4.71. The fourth-order valence-corrected chi connectivity index (χ4v) is 1.97. The Hall–Kier alpha value is -2.09. The Bertz CT molecular complexity index is 651. The summed E-state index contributed by atoms with van der Waals surface area (Å²) < 4.78 is 5.67. The first kappa shape index (κ1) is 14.3. The molecule has 0 saturated heterocycles. The van der Waals surface area contributed by atoms with E-state index < -0.39 is 6.10 Å². The lowest BCUT2D eigenvalue weighted by Gasteiger charge is -2.14. The quantitative estimate of drug-likeness (QED) is 0.938. The molecule has 1 aromatic heterocycles. The predicted octanol–water partition coefficient (Wildman–Crippen LogP) is 3.24. The second-order valence-electron chi connectivity index (χ2n) is 4.27. The zero-order chi connectivity index (χ0) is 14.5. The molecule has 0 amide bonds. The van der Waals surface area contributed by atoms with Gasteiger partial charge >= 0.3 is 0 Å². The van der Waals surface area contributed by atoms with Crippen LogP contribution in [0, 0.1) is 11.3 Å². The molecule has 1 aromatic carbocycles. The SMILES string of the molecule is CC(O)c1cc(Cl)ccc1OCc1cccnc1C#N. The molecule has 0 bridgehead atoms. The lowest BCUT2D eigenvalue weighted by Crippen LogP contribution is -2.03. The maximum Gasteiger partial charge on any atom is 0.147 e. The summed E-state index contributed by atoms with van der Waals surface area (Å²) in [6.45, 7) is 1.85. The number of aliphatic hydroxyl groups excluding tert-OH is 1. The van der Waals surface area contributed by atoms with Gasteiger partial charge in [0.15, 0.2) is 0 Å². The van der Waals surface area contributed by atoms with Crippen LogP contribution in [0.25, 0.3) is 0 Å². The smallest absolute Gasteiger partial charge is 0.147 e. The standard InChI is InChI=1S/C15H13ClN2O2/c1-10(19)13-7-12(16)4-5-15(13)20-9-11-3-2-6-18-14(11)8-17/h2-7,10,19H,9H2,1H3. The largest absolute Gasteiger partial charge is 0.488 e. The van der Waals surface area contributed by atoms with Crippen LogP contribution < -0.4 is 4.74 Å². The summed E-state index contributed by atoms with van der Waals surface area (Å²) in [6, 6.07) is 10.6. The van der Waals surface area contributed by atoms with Gasteiger partial charge in [-0.15, -0.1) is 0 Å². The van der Waals surface area contributed by atoms with E-state index in [2.05, 4.69) is 4.98 Å². The van der Waals surface area contributed by atoms with Gasteiger partial charge < -0.3 is 9.84 Å². The summed E-state index contributed by atoms with van der Waals surface area (Å²) in [7, 11) is 0. The minimum absolute atomic E-state index is 0.206. The van der Waals surface area contributed by atoms with E-state index in [0.717, 1.165) is 0 Å². The number of aliphatic hydroxyl groups is 1. The Balaban J connectivity index is 2.21. The van der Waals surface area contributed by atoms with Gasteiger partial charge in [0.2, 0.25) is 0 Å². The molecule has 1 atom stereocenters. The Morgan fingerprint density at radius 1 is 1.45 bits per heavy atom. The van der Waals surface area contributed by atoms with Crippen LogP contribution in [0.3, 0.4) is 0 Å². The van der Waals surface area contributed by atoms with Crippen LogP contribution >= 0.6 is 11.6 Å². The van der Waals surface area contributed by atoms with Crippen LogP contribution in [0.2, 0.25) is 5.02 Å². The maximum absolute atomic E-state index is 9.72. The Labute approximate surface area is 122 Å². The molecule has 2 rings (SSSR count). The lowest BCUT2D eigenvalue weighted by atomic mass is 10.1. The highest BCUT2D eigenvalue weighted by molar-refractivity contribution is 6.30. The van der Waals surface area contributed by atoms with Crippen molar-refractivity contribution in [3.05, 3.63) is 58.4 Å². The molecular formula is C15H13ClN2O2. The molecule has 0 spiro atoms. The molecule has 1 unspecified atom stereocenters. The summed E-state index contributed by atoms with van der Waals surface area (Å²) in [6.07, 6.45) is 0.874. The summed E-state index contributed by atoms with van der Waals surface area (Å²) in [5.74, 6) is 0.539. The van der Waals surface area contributed by atoms with Crippen LogP contribution in [-0.4, -0.2) is 10.1 Å². The van der Waals surface area contributed by atoms with Crippen LogP contribution in [0.4, 0.5) is 0 Å². The number of benzene rings is 1. The first-order valence-electron chi connectivity index (χ1n) is 6.06. The summed E-state index contributed by atoms with van der Waals surface area (Å²) in [5, 5.41) is 19.2. The predicted molar refractivity (Wildman–Crippen MR) is 75.4 cm³/mol. The van der Waals surface area contributed by atoms with Crippen molar-refractivity contribution in [3.8, 4) is 11.8 Å². The third-order valence-corrected chi connectivity index (χ3v) is 3.04. The summed E-state index contributed by atoms with van der Waals surface area (Å²) in [5.41, 5.74) is 1.64. The molecule has 102 valence electrons. The van der Waals surface area contributed by atoms with E-state index in [4.69, 9.17) is 21.6 Å². The van der Waals surface area contributed by atoms with E-state index >= 15 is 0 Å². The van der Waals surface area contributed by atoms with Crippen molar-refractivity contribution in [3.63, 3.8) is 0 Å². The normalized spacial score (nSPS) is 11.7. The number of hydrogen-bond donors (Lipinski definition) is 1. The minimum atomic E-state index is -0.687. The van der Waals surface area contributed by atoms with Gasteiger partial charge in [-0.05, 0) is 31.2 Å². The van der Waals surface area contributed by atoms with Gasteiger partial charge in [-0.25, -0.2) is 4.98 Å². The van der Waals surface area contributed by atoms with Crippen LogP contribution in [-0.2, 0) is 6.61 Å². The Morgan fingerprint density at radius 2 is 2.25 bits per heavy atom. The summed E-state index contributed by atoms with van der Waals surface area (Å²) >= 11 is 5.91. The first-order chi connectivity index (χ1) is 9.61. The van der Waals surface area contributed by atoms with Gasteiger partial charge in [-0.3, -0.25) is 0 Å². The number of rotatable bonds is 4. The van der Waals surface area contributed by atoms with E-state index in [1.165, 1.54) is 0 Å². The van der Waals surface area contributed by atoms with Gasteiger partial charge in [0.1, 0.15) is 24.1 Å². The number of nitriles is 1. The molecule has 1 heterocycles. The highest BCUT2D eigenvalue weighted by Crippen LogP contribution is 2.29. The van der Waals surface area contributed by atoms with Crippen molar-refractivity contribution < 1.29 is 9.84 Å². The molecule has 2 aromatic rings. The van der Waals surface area contributed by atoms with Crippen molar-refractivity contribution in [2.45, 2.75) is 19.6 Å². The van der Waals surface area contributed by atoms with Gasteiger partial charge in [0.05, 0.1) is 6.10 Å². The van der Waals surface area contributed by atoms with Crippen LogP contribution in [0.5, 0.6) is 5.75 Å². The average Bonchev–Trinajstić information content (AvgIpc) is 2.46. The monoisotopic (exact) mass is 288 g/mol. The molecule has 0 aliphatic heterocycles. The highest BCUT2D eigenvalue weighted by atomic mass is 35.5. The average molecular weight is 289 g/mol. The van der Waals surface area contributed by atoms with E-state index in [1.807, 2.05) is 6.07 Å². The molecule has 0 fully saturated rings. The maximum atomic E-state index is 9.72. The van der Waals surface area contributed by atoms with Gasteiger partial charge in [0.25, 0.3) is 0 Å². The summed E-state index contributed by atoms with van der Waals surface area (Å²) in [4.78, 5) is 3.97. The lowest BCUT2D eigenvalue weighted by molar-refractivity contribution is 0.190. The van der Waals surface area contributed by atoms with Crippen molar-refractivity contribution in [1.82, 2.24) is 4.98 Å². The second kappa shape index (κ2) is 6.38. The molecule has 0 aliphatic rings. The van der Waals surface area contributed by atoms with E-state index in [9.17, 15) is 5.11 Å². The third kappa shape index (κ3) is 3.27. The number of nitrogens with zero attached hydrogens (tertiary/aromatic N) is 2. The molecule has 0 aliphatic carbocycles. The third-order valence-electron chi connectivity index (χ3n) is 2.80. The van der Waals surface area contributed by atoms with Crippen LogP contribution in [0.1, 0.15) is 29.8 Å². The fourth-order valence-electron chi connectivity index (χ4n) is 1.79. The molecule has 0 saturated carbocycles. The Kier molecular flexibility index (Phi) is 4.57. The number of aromatic nitrogens is 1. The molecule has 20 heavy (non-hydrogen) atoms. The number of ether oxygens (including phenoxy) is 1. The minimum Gasteiger partial charge on any atom is -0.488 e. The Morgan fingerprint density at radius 3 is 2.95 bits per heavy atom. The van der Waals surface area contributed by atoms with Crippen molar-refractivity contribution in [2.75, 3.05) is 0 Å². The first-order valence-corrected chi connectivity index (χ1v) is 6.44. The van der Waals surface area contributed by atoms with Gasteiger partial charge in [-0.2, -0.15) is 5.26 Å². The number of pyridine rings is 1. The number of halogens is 1. The molecule has 0 radical (unpaired) electrons. The van der Waals surface area contributed by atoms with E-state index in [0.29, 0.717) is 27.6 Å². The van der Waals surface area contributed by atoms with E-state index in [-0.39, 0.29) is 6.61 Å². The molecule has 1 N–H and O–H groups in total. The van der Waals surface area contributed by atoms with E-state index in [1.54, 1.807) is 43.5 Å². The topological polar surface area (TPSA) is 66.1 Å². The highest BCUT2D eigenvalue weighted by Gasteiger charge is 2.11. The van der Waals surface area contributed by atoms with Crippen molar-refractivity contribution in [1.29, 1.82) is 5.26 Å². The number of hydrogen-bond acceptors (Lipinski definition) is 4. The van der Waals surface area contributed by atoms with Crippen LogP contribution in [0.15, 0.2) is 36.5 Å². The zero-order valence-electron chi connectivity index (χ0n) is 10.9. The molecule has 4 nitrogen and oxygen atoms in total. The van der Waals surface area contributed by atoms with Gasteiger partial charge in [0, 0.05) is 22.3 Å².